The van der Waals surface area contributed by atoms with E-state index in [4.69, 9.17) is 5.73 Å². The molecule has 0 aliphatic heterocycles. The third kappa shape index (κ3) is 4.43. The van der Waals surface area contributed by atoms with E-state index in [1.165, 1.54) is 0 Å². The van der Waals surface area contributed by atoms with Crippen LogP contribution in [0.2, 0.25) is 0 Å². The van der Waals surface area contributed by atoms with Gasteiger partial charge < -0.3 is 5.73 Å². The molecule has 0 aromatic heterocycles. The Morgan fingerprint density at radius 1 is 1.26 bits per heavy atom. The Balaban J connectivity index is 2.80. The minimum absolute atomic E-state index is 0.206. The lowest BCUT2D eigenvalue weighted by Crippen LogP contribution is -2.26. The minimum atomic E-state index is -4.00. The molecule has 0 heterocycles. The van der Waals surface area contributed by atoms with Crippen LogP contribution in [0.4, 0.5) is 14.5 Å². The van der Waals surface area contributed by atoms with Crippen LogP contribution in [0.1, 0.15) is 26.7 Å². The summed E-state index contributed by atoms with van der Waals surface area (Å²) in [6.07, 6.45) is 1.51. The molecule has 1 rings (SSSR count). The van der Waals surface area contributed by atoms with E-state index in [-0.39, 0.29) is 6.54 Å². The maximum absolute atomic E-state index is 13.4. The Bertz CT molecular complexity index is 545. The zero-order valence-corrected chi connectivity index (χ0v) is 11.7. The van der Waals surface area contributed by atoms with E-state index in [1.807, 2.05) is 13.8 Å². The molecule has 4 nitrogen and oxygen atoms in total. The third-order valence-electron chi connectivity index (χ3n) is 2.59. The summed E-state index contributed by atoms with van der Waals surface area (Å²) >= 11 is 0. The Morgan fingerprint density at radius 3 is 2.47 bits per heavy atom. The van der Waals surface area contributed by atoms with Crippen molar-refractivity contribution < 1.29 is 17.2 Å². The quantitative estimate of drug-likeness (QED) is 0.624. The van der Waals surface area contributed by atoms with Crippen molar-refractivity contribution in [2.75, 3.05) is 12.3 Å². The number of rotatable bonds is 6. The normalized spacial score (nSPS) is 12.1. The van der Waals surface area contributed by atoms with E-state index >= 15 is 0 Å². The second kappa shape index (κ2) is 6.29. The highest BCUT2D eigenvalue weighted by Crippen LogP contribution is 2.20. The molecule has 1 aromatic rings. The van der Waals surface area contributed by atoms with Crippen LogP contribution in [-0.2, 0) is 10.0 Å². The van der Waals surface area contributed by atoms with Crippen LogP contribution in [0, 0.1) is 17.6 Å². The number of halogens is 2. The largest absolute Gasteiger partial charge is 0.396 e. The summed E-state index contributed by atoms with van der Waals surface area (Å²) in [5, 5.41) is 0. The van der Waals surface area contributed by atoms with E-state index in [0.29, 0.717) is 18.4 Å². The highest BCUT2D eigenvalue weighted by molar-refractivity contribution is 7.89. The van der Waals surface area contributed by atoms with Crippen LogP contribution < -0.4 is 10.5 Å². The number of nitrogens with two attached hydrogens (primary N) is 1. The molecule has 0 aliphatic rings. The van der Waals surface area contributed by atoms with Gasteiger partial charge in [-0.2, -0.15) is 0 Å². The lowest BCUT2D eigenvalue weighted by molar-refractivity contribution is 0.529. The average Bonchev–Trinajstić information content (AvgIpc) is 2.29. The van der Waals surface area contributed by atoms with E-state index in [2.05, 4.69) is 4.72 Å². The first-order valence-corrected chi connectivity index (χ1v) is 7.46. The lowest BCUT2D eigenvalue weighted by atomic mass is 10.1. The van der Waals surface area contributed by atoms with E-state index < -0.39 is 32.2 Å². The minimum Gasteiger partial charge on any atom is -0.396 e. The average molecular weight is 292 g/mol. The van der Waals surface area contributed by atoms with E-state index in [9.17, 15) is 17.2 Å². The van der Waals surface area contributed by atoms with Gasteiger partial charge in [0.05, 0.1) is 5.69 Å². The van der Waals surface area contributed by atoms with Crippen LogP contribution in [0.15, 0.2) is 17.0 Å². The fourth-order valence-corrected chi connectivity index (χ4v) is 2.71. The molecule has 0 amide bonds. The molecule has 0 unspecified atom stereocenters. The van der Waals surface area contributed by atoms with Crippen LogP contribution in [0.5, 0.6) is 0 Å². The van der Waals surface area contributed by atoms with Crippen molar-refractivity contribution in [3.63, 3.8) is 0 Å². The van der Waals surface area contributed by atoms with Gasteiger partial charge in [-0.25, -0.2) is 21.9 Å². The Hall–Kier alpha value is -1.21. The molecule has 0 bridgehead atoms. The summed E-state index contributed by atoms with van der Waals surface area (Å²) in [5.41, 5.74) is 4.85. The maximum Gasteiger partial charge on any atom is 0.243 e. The molecule has 0 radical (unpaired) electrons. The van der Waals surface area contributed by atoms with Crippen molar-refractivity contribution >= 4 is 15.7 Å². The molecule has 19 heavy (non-hydrogen) atoms. The standard InChI is InChI=1S/C12H18F2N2O2S/c1-8(2)4-3-5-16-19(17,18)12-7-11(15)9(13)6-10(12)14/h6-8,16H,3-5,15H2,1-2H3. The van der Waals surface area contributed by atoms with Gasteiger partial charge in [0.25, 0.3) is 0 Å². The van der Waals surface area contributed by atoms with Crippen LogP contribution in [-0.4, -0.2) is 15.0 Å². The van der Waals surface area contributed by atoms with Gasteiger partial charge in [-0.3, -0.25) is 0 Å². The van der Waals surface area contributed by atoms with E-state index in [1.54, 1.807) is 0 Å². The van der Waals surface area contributed by atoms with Crippen LogP contribution in [0.3, 0.4) is 0 Å². The first-order valence-electron chi connectivity index (χ1n) is 5.98. The third-order valence-corrected chi connectivity index (χ3v) is 4.07. The van der Waals surface area contributed by atoms with Crippen molar-refractivity contribution in [1.82, 2.24) is 4.72 Å². The zero-order chi connectivity index (χ0) is 14.6. The number of sulfonamides is 1. The number of nitrogens with one attached hydrogen (secondary N) is 1. The number of benzene rings is 1. The molecule has 0 saturated heterocycles. The van der Waals surface area contributed by atoms with Crippen molar-refractivity contribution in [3.8, 4) is 0 Å². The summed E-state index contributed by atoms with van der Waals surface area (Å²) < 4.78 is 52.3. The van der Waals surface area contributed by atoms with Gasteiger partial charge in [0.2, 0.25) is 10.0 Å². The zero-order valence-electron chi connectivity index (χ0n) is 10.9. The molecule has 108 valence electrons. The summed E-state index contributed by atoms with van der Waals surface area (Å²) in [7, 11) is -4.00. The van der Waals surface area contributed by atoms with Gasteiger partial charge in [0.1, 0.15) is 16.5 Å². The van der Waals surface area contributed by atoms with Crippen molar-refractivity contribution in [1.29, 1.82) is 0 Å². The summed E-state index contributed by atoms with van der Waals surface area (Å²) in [6.45, 7) is 4.25. The van der Waals surface area contributed by atoms with Gasteiger partial charge >= 0.3 is 0 Å². The van der Waals surface area contributed by atoms with Crippen molar-refractivity contribution in [3.05, 3.63) is 23.8 Å². The molecule has 7 heteroatoms. The van der Waals surface area contributed by atoms with Crippen molar-refractivity contribution in [2.24, 2.45) is 5.92 Å². The van der Waals surface area contributed by atoms with Crippen LogP contribution in [0.25, 0.3) is 0 Å². The molecule has 0 spiro atoms. The highest BCUT2D eigenvalue weighted by atomic mass is 32.2. The van der Waals surface area contributed by atoms with E-state index in [0.717, 1.165) is 12.5 Å². The van der Waals surface area contributed by atoms with Gasteiger partial charge in [-0.05, 0) is 24.8 Å². The fraction of sp³-hybridized carbons (Fsp3) is 0.500. The molecular weight excluding hydrogens is 274 g/mol. The molecule has 1 aromatic carbocycles. The smallest absolute Gasteiger partial charge is 0.243 e. The number of anilines is 1. The first kappa shape index (κ1) is 15.8. The Morgan fingerprint density at radius 2 is 1.89 bits per heavy atom. The second-order valence-electron chi connectivity index (χ2n) is 4.74. The van der Waals surface area contributed by atoms with Gasteiger partial charge in [-0.1, -0.05) is 13.8 Å². The molecule has 0 atom stereocenters. The SMILES string of the molecule is CC(C)CCCNS(=O)(=O)c1cc(N)c(F)cc1F. The van der Waals surface area contributed by atoms with Crippen molar-refractivity contribution in [2.45, 2.75) is 31.6 Å². The number of hydrogen-bond donors (Lipinski definition) is 2. The van der Waals surface area contributed by atoms with Gasteiger partial charge in [0.15, 0.2) is 0 Å². The molecule has 3 N–H and O–H groups in total. The second-order valence-corrected chi connectivity index (χ2v) is 6.47. The highest BCUT2D eigenvalue weighted by Gasteiger charge is 2.20. The predicted molar refractivity (Wildman–Crippen MR) is 70.0 cm³/mol. The molecule has 0 saturated carbocycles. The van der Waals surface area contributed by atoms with Gasteiger partial charge in [-0.15, -0.1) is 0 Å². The molecule has 0 aliphatic carbocycles. The monoisotopic (exact) mass is 292 g/mol. The topological polar surface area (TPSA) is 72.2 Å². The number of nitrogen functional groups attached to an aromatic ring is 1. The molecule has 0 fully saturated rings. The predicted octanol–water partition coefficient (Wildman–Crippen LogP) is 2.26. The van der Waals surface area contributed by atoms with Crippen LogP contribution >= 0.6 is 0 Å². The Labute approximate surface area is 112 Å². The van der Waals surface area contributed by atoms with Gasteiger partial charge in [0, 0.05) is 12.6 Å². The first-order chi connectivity index (χ1) is 8.74. The number of hydrogen-bond acceptors (Lipinski definition) is 3. The molecular formula is C12H18F2N2O2S. The fourth-order valence-electron chi connectivity index (χ4n) is 1.55. The Kier molecular flexibility index (Phi) is 5.25. The summed E-state index contributed by atoms with van der Waals surface area (Å²) in [6, 6.07) is 1.26. The summed E-state index contributed by atoms with van der Waals surface area (Å²) in [5.74, 6) is -1.66. The lowest BCUT2D eigenvalue weighted by Gasteiger charge is -2.09. The summed E-state index contributed by atoms with van der Waals surface area (Å²) in [4.78, 5) is -0.629. The maximum atomic E-state index is 13.4.